The summed E-state index contributed by atoms with van der Waals surface area (Å²) in [6, 6.07) is 22.0. The van der Waals surface area contributed by atoms with E-state index in [9.17, 15) is 13.2 Å². The fourth-order valence-corrected chi connectivity index (χ4v) is 6.04. The van der Waals surface area contributed by atoms with E-state index in [0.717, 1.165) is 16.7 Å². The summed E-state index contributed by atoms with van der Waals surface area (Å²) in [6.07, 6.45) is 1.77. The molecule has 7 nitrogen and oxygen atoms in total. The van der Waals surface area contributed by atoms with Crippen LogP contribution in [0.4, 0.5) is 0 Å². The highest BCUT2D eigenvalue weighted by Gasteiger charge is 2.30. The van der Waals surface area contributed by atoms with Gasteiger partial charge in [0, 0.05) is 41.9 Å². The van der Waals surface area contributed by atoms with Crippen LogP contribution in [0.3, 0.4) is 0 Å². The molecule has 1 aliphatic rings. The van der Waals surface area contributed by atoms with Crippen LogP contribution in [0.1, 0.15) is 10.4 Å². The minimum absolute atomic E-state index is 0.100. The number of amides is 1. The van der Waals surface area contributed by atoms with Gasteiger partial charge in [-0.15, -0.1) is 0 Å². The molecule has 1 fully saturated rings. The van der Waals surface area contributed by atoms with E-state index in [4.69, 9.17) is 0 Å². The van der Waals surface area contributed by atoms with Gasteiger partial charge in [0.2, 0.25) is 10.0 Å². The predicted octanol–water partition coefficient (Wildman–Crippen LogP) is 3.93. The number of rotatable bonds is 4. The summed E-state index contributed by atoms with van der Waals surface area (Å²) in [5.41, 5.74) is 3.41. The molecule has 0 saturated carbocycles. The molecule has 1 aromatic heterocycles. The summed E-state index contributed by atoms with van der Waals surface area (Å²) in [5.74, 6) is -0.100. The Morgan fingerprint density at radius 3 is 2.33 bits per heavy atom. The van der Waals surface area contributed by atoms with Crippen molar-refractivity contribution in [3.8, 4) is 5.69 Å². The number of halogens is 1. The number of sulfonamides is 1. The molecule has 168 valence electrons. The van der Waals surface area contributed by atoms with Gasteiger partial charge >= 0.3 is 0 Å². The number of carbonyl (C=O) groups is 1. The maximum atomic E-state index is 13.0. The van der Waals surface area contributed by atoms with Crippen LogP contribution in [-0.2, 0) is 10.0 Å². The van der Waals surface area contributed by atoms with E-state index in [1.54, 1.807) is 47.6 Å². The number of carbonyl (C=O) groups excluding carboxylic acids is 1. The number of nitrogens with zero attached hydrogens (tertiary/aromatic N) is 4. The smallest absolute Gasteiger partial charge is 0.253 e. The van der Waals surface area contributed by atoms with Crippen molar-refractivity contribution < 1.29 is 13.2 Å². The Balaban J connectivity index is 1.27. The quantitative estimate of drug-likeness (QED) is 0.405. The van der Waals surface area contributed by atoms with E-state index < -0.39 is 10.0 Å². The van der Waals surface area contributed by atoms with Gasteiger partial charge in [0.1, 0.15) is 6.33 Å². The topological polar surface area (TPSA) is 75.5 Å². The number of fused-ring (bicyclic) bond motifs is 1. The molecule has 0 aliphatic carbocycles. The van der Waals surface area contributed by atoms with Crippen molar-refractivity contribution in [3.05, 3.63) is 89.2 Å². The molecule has 5 rings (SSSR count). The molecule has 2 heterocycles. The summed E-state index contributed by atoms with van der Waals surface area (Å²) in [7, 11) is -3.59. The summed E-state index contributed by atoms with van der Waals surface area (Å²) >= 11 is 3.32. The van der Waals surface area contributed by atoms with Crippen molar-refractivity contribution in [3.63, 3.8) is 0 Å². The first-order valence-electron chi connectivity index (χ1n) is 10.5. The molecule has 33 heavy (non-hydrogen) atoms. The molecule has 0 spiro atoms. The lowest BCUT2D eigenvalue weighted by molar-refractivity contribution is 0.0698. The van der Waals surface area contributed by atoms with Crippen LogP contribution in [0.5, 0.6) is 0 Å². The number of imidazole rings is 1. The van der Waals surface area contributed by atoms with Gasteiger partial charge < -0.3 is 4.90 Å². The Hall–Kier alpha value is -3.01. The second-order valence-electron chi connectivity index (χ2n) is 7.80. The summed E-state index contributed by atoms with van der Waals surface area (Å²) in [5, 5.41) is 0. The standard InChI is InChI=1S/C24H21BrN4O3S/c25-19-4-3-5-21(16-19)33(31,32)28-14-12-27(13-15-28)24(30)18-8-10-20(11-9-18)29-17-26-22-6-1-2-7-23(22)29/h1-11,16-17H,12-15H2. The molecule has 4 aromatic rings. The molecular weight excluding hydrogens is 504 g/mol. The molecule has 0 N–H and O–H groups in total. The lowest BCUT2D eigenvalue weighted by Gasteiger charge is -2.34. The highest BCUT2D eigenvalue weighted by Crippen LogP contribution is 2.22. The first-order valence-corrected chi connectivity index (χ1v) is 12.7. The second-order valence-corrected chi connectivity index (χ2v) is 10.7. The van der Waals surface area contributed by atoms with Gasteiger partial charge in [0.15, 0.2) is 0 Å². The maximum absolute atomic E-state index is 13.0. The molecule has 0 bridgehead atoms. The van der Waals surface area contributed by atoms with E-state index in [-0.39, 0.29) is 23.9 Å². The largest absolute Gasteiger partial charge is 0.336 e. The molecule has 1 saturated heterocycles. The average molecular weight is 525 g/mol. The van der Waals surface area contributed by atoms with Gasteiger partial charge in [0.05, 0.1) is 15.9 Å². The zero-order chi connectivity index (χ0) is 23.0. The summed E-state index contributed by atoms with van der Waals surface area (Å²) in [6.45, 7) is 1.22. The third kappa shape index (κ3) is 4.19. The van der Waals surface area contributed by atoms with Crippen molar-refractivity contribution in [1.82, 2.24) is 18.8 Å². The summed E-state index contributed by atoms with van der Waals surface area (Å²) < 4.78 is 30.0. The van der Waals surface area contributed by atoms with E-state index in [1.165, 1.54) is 4.31 Å². The van der Waals surface area contributed by atoms with Gasteiger partial charge in [-0.1, -0.05) is 34.1 Å². The first-order chi connectivity index (χ1) is 15.9. The second kappa shape index (κ2) is 8.74. The van der Waals surface area contributed by atoms with Gasteiger partial charge in [0.25, 0.3) is 5.91 Å². The normalized spacial score (nSPS) is 15.1. The van der Waals surface area contributed by atoms with Gasteiger partial charge in [-0.3, -0.25) is 9.36 Å². The molecule has 0 radical (unpaired) electrons. The molecule has 0 unspecified atom stereocenters. The summed E-state index contributed by atoms with van der Waals surface area (Å²) in [4.78, 5) is 19.4. The van der Waals surface area contributed by atoms with Crippen molar-refractivity contribution >= 4 is 42.9 Å². The number of piperazine rings is 1. The van der Waals surface area contributed by atoms with Crippen LogP contribution in [-0.4, -0.2) is 59.3 Å². The Kier molecular flexibility index (Phi) is 5.77. The van der Waals surface area contributed by atoms with E-state index in [2.05, 4.69) is 20.9 Å². The van der Waals surface area contributed by atoms with Crippen molar-refractivity contribution in [2.75, 3.05) is 26.2 Å². The Bertz CT molecular complexity index is 1430. The number of hydrogen-bond donors (Lipinski definition) is 0. The Morgan fingerprint density at radius 1 is 0.879 bits per heavy atom. The highest BCUT2D eigenvalue weighted by molar-refractivity contribution is 9.10. The molecule has 1 aliphatic heterocycles. The predicted molar refractivity (Wildman–Crippen MR) is 130 cm³/mol. The third-order valence-electron chi connectivity index (χ3n) is 5.81. The van der Waals surface area contributed by atoms with Crippen molar-refractivity contribution in [2.24, 2.45) is 0 Å². The molecule has 0 atom stereocenters. The lowest BCUT2D eigenvalue weighted by atomic mass is 10.1. The van der Waals surface area contributed by atoms with Gasteiger partial charge in [-0.2, -0.15) is 4.31 Å². The number of hydrogen-bond acceptors (Lipinski definition) is 4. The zero-order valence-electron chi connectivity index (χ0n) is 17.6. The molecular formula is C24H21BrN4O3S. The van der Waals surface area contributed by atoms with Crippen molar-refractivity contribution in [1.29, 1.82) is 0 Å². The van der Waals surface area contributed by atoms with E-state index in [1.807, 2.05) is 41.0 Å². The van der Waals surface area contributed by atoms with Crippen molar-refractivity contribution in [2.45, 2.75) is 4.90 Å². The molecule has 9 heteroatoms. The van der Waals surface area contributed by atoms with Crippen LogP contribution in [0.15, 0.2) is 88.5 Å². The fourth-order valence-electron chi connectivity index (χ4n) is 4.02. The number of benzene rings is 3. The maximum Gasteiger partial charge on any atom is 0.253 e. The minimum Gasteiger partial charge on any atom is -0.336 e. The van der Waals surface area contributed by atoms with Crippen LogP contribution >= 0.6 is 15.9 Å². The lowest BCUT2D eigenvalue weighted by Crippen LogP contribution is -2.50. The van der Waals surface area contributed by atoms with Crippen LogP contribution < -0.4 is 0 Å². The fraction of sp³-hybridized carbons (Fsp3) is 0.167. The van der Waals surface area contributed by atoms with Gasteiger partial charge in [-0.05, 0) is 54.6 Å². The number of para-hydroxylation sites is 2. The first kappa shape index (κ1) is 21.8. The molecule has 3 aromatic carbocycles. The van der Waals surface area contributed by atoms with Crippen LogP contribution in [0.2, 0.25) is 0 Å². The SMILES string of the molecule is O=C(c1ccc(-n2cnc3ccccc32)cc1)N1CCN(S(=O)(=O)c2cccc(Br)c2)CC1. The van der Waals surface area contributed by atoms with E-state index >= 15 is 0 Å². The highest BCUT2D eigenvalue weighted by atomic mass is 79.9. The third-order valence-corrected chi connectivity index (χ3v) is 8.19. The van der Waals surface area contributed by atoms with Crippen LogP contribution in [0.25, 0.3) is 16.7 Å². The van der Waals surface area contributed by atoms with E-state index in [0.29, 0.717) is 23.1 Å². The zero-order valence-corrected chi connectivity index (χ0v) is 20.0. The monoisotopic (exact) mass is 524 g/mol. The number of aromatic nitrogens is 2. The Labute approximate surface area is 200 Å². The Morgan fingerprint density at radius 2 is 1.61 bits per heavy atom. The van der Waals surface area contributed by atoms with Gasteiger partial charge in [-0.25, -0.2) is 13.4 Å². The average Bonchev–Trinajstić information content (AvgIpc) is 3.28. The van der Waals surface area contributed by atoms with Crippen LogP contribution in [0, 0.1) is 0 Å². The molecule has 1 amide bonds. The minimum atomic E-state index is -3.59.